The molecule has 3 rings (SSSR count). The van der Waals surface area contributed by atoms with E-state index in [4.69, 9.17) is 4.74 Å². The predicted octanol–water partition coefficient (Wildman–Crippen LogP) is 1.14. The van der Waals surface area contributed by atoms with Gasteiger partial charge in [-0.3, -0.25) is 25.1 Å². The van der Waals surface area contributed by atoms with E-state index in [1.165, 1.54) is 19.3 Å². The van der Waals surface area contributed by atoms with Crippen LogP contribution < -0.4 is 20.3 Å². The lowest BCUT2D eigenvalue weighted by atomic mass is 10.1. The smallest absolute Gasteiger partial charge is 0.282 e. The molecule has 0 aliphatic carbocycles. The molecule has 26 heavy (non-hydrogen) atoms. The number of carbonyl (C=O) groups excluding carboxylic acids is 2. The molecule has 0 bridgehead atoms. The van der Waals surface area contributed by atoms with Gasteiger partial charge in [-0.2, -0.15) is 0 Å². The van der Waals surface area contributed by atoms with E-state index in [2.05, 4.69) is 5.43 Å². The van der Waals surface area contributed by atoms with Crippen molar-refractivity contribution >= 4 is 29.3 Å². The van der Waals surface area contributed by atoms with Gasteiger partial charge in [-0.25, -0.2) is 5.01 Å². The summed E-state index contributed by atoms with van der Waals surface area (Å²) in [4.78, 5) is 34.8. The second-order valence-corrected chi connectivity index (χ2v) is 5.30. The number of nitro benzene ring substituents is 1. The monoisotopic (exact) mass is 354 g/mol. The Morgan fingerprint density at radius 2 is 1.88 bits per heavy atom. The molecule has 2 amide bonds. The van der Waals surface area contributed by atoms with E-state index in [-0.39, 0.29) is 16.9 Å². The summed E-state index contributed by atoms with van der Waals surface area (Å²) in [7, 11) is 1.20. The van der Waals surface area contributed by atoms with Crippen LogP contribution in [0, 0.1) is 10.1 Å². The van der Waals surface area contributed by atoms with E-state index in [9.17, 15) is 24.8 Å². The largest absolute Gasteiger partial charge is 0.865 e. The molecule has 1 fully saturated rings. The van der Waals surface area contributed by atoms with Gasteiger partial charge >= 0.3 is 0 Å². The number of hydrazine groups is 1. The zero-order valence-electron chi connectivity index (χ0n) is 13.5. The summed E-state index contributed by atoms with van der Waals surface area (Å²) in [6.07, 6.45) is 1.18. The Labute approximate surface area is 147 Å². The van der Waals surface area contributed by atoms with Crippen LogP contribution in [-0.4, -0.2) is 23.8 Å². The van der Waals surface area contributed by atoms with Crippen molar-refractivity contribution in [1.82, 2.24) is 5.43 Å². The molecule has 0 saturated carbocycles. The number of hydrogen-bond acceptors (Lipinski definition) is 6. The molecular weight excluding hydrogens is 342 g/mol. The summed E-state index contributed by atoms with van der Waals surface area (Å²) in [5, 5.41) is 23.9. The molecule has 132 valence electrons. The quantitative estimate of drug-likeness (QED) is 0.380. The summed E-state index contributed by atoms with van der Waals surface area (Å²) in [6.45, 7) is 0. The number of carbonyl (C=O) groups is 2. The summed E-state index contributed by atoms with van der Waals surface area (Å²) >= 11 is 0. The molecule has 0 unspecified atom stereocenters. The predicted molar refractivity (Wildman–Crippen MR) is 89.1 cm³/mol. The van der Waals surface area contributed by atoms with Crippen molar-refractivity contribution < 1.29 is 24.4 Å². The highest BCUT2D eigenvalue weighted by Gasteiger charge is 2.34. The minimum absolute atomic E-state index is 0.126. The Morgan fingerprint density at radius 3 is 2.50 bits per heavy atom. The Hall–Kier alpha value is -3.88. The molecule has 2 aromatic rings. The first-order valence-corrected chi connectivity index (χ1v) is 7.38. The Morgan fingerprint density at radius 1 is 1.19 bits per heavy atom. The van der Waals surface area contributed by atoms with Crippen LogP contribution in [0.15, 0.2) is 48.0 Å². The Kier molecular flexibility index (Phi) is 4.27. The van der Waals surface area contributed by atoms with Gasteiger partial charge in [0.05, 0.1) is 17.7 Å². The fraction of sp³-hybridized carbons (Fsp3) is 0.0588. The first kappa shape index (κ1) is 17.0. The van der Waals surface area contributed by atoms with Crippen LogP contribution in [0.4, 0.5) is 11.4 Å². The number of nitrogens with one attached hydrogen (secondary N) is 1. The van der Waals surface area contributed by atoms with Crippen LogP contribution in [0.5, 0.6) is 11.5 Å². The molecule has 1 aliphatic rings. The number of rotatable bonds is 4. The number of para-hydroxylation sites is 1. The van der Waals surface area contributed by atoms with Gasteiger partial charge in [0.2, 0.25) is 0 Å². The minimum Gasteiger partial charge on any atom is -0.865 e. The second-order valence-electron chi connectivity index (χ2n) is 5.30. The van der Waals surface area contributed by atoms with Crippen LogP contribution in [0.3, 0.4) is 0 Å². The van der Waals surface area contributed by atoms with E-state index in [0.717, 1.165) is 11.1 Å². The lowest BCUT2D eigenvalue weighted by molar-refractivity contribution is -0.398. The SMILES string of the molecule is COc1cc(/C=C2/C(=O)NN(c3ccccc3)C2=O)cc([N+](=O)[O-])c1[O-]. The fourth-order valence-electron chi connectivity index (χ4n) is 2.46. The van der Waals surface area contributed by atoms with Gasteiger partial charge in [0, 0.05) is 11.8 Å². The Balaban J connectivity index is 2.02. The van der Waals surface area contributed by atoms with E-state index in [1.54, 1.807) is 30.3 Å². The van der Waals surface area contributed by atoms with Crippen LogP contribution in [0.1, 0.15) is 5.56 Å². The molecule has 0 spiro atoms. The number of hydrogen-bond donors (Lipinski definition) is 1. The van der Waals surface area contributed by atoms with Crippen molar-refractivity contribution in [3.8, 4) is 11.5 Å². The number of methoxy groups -OCH3 is 1. The normalized spacial score (nSPS) is 15.3. The van der Waals surface area contributed by atoms with Crippen LogP contribution in [0.2, 0.25) is 0 Å². The van der Waals surface area contributed by atoms with Gasteiger partial charge in [-0.15, -0.1) is 0 Å². The van der Waals surface area contributed by atoms with Crippen molar-refractivity contribution in [2.45, 2.75) is 0 Å². The fourth-order valence-corrected chi connectivity index (χ4v) is 2.46. The van der Waals surface area contributed by atoms with Crippen molar-refractivity contribution in [3.05, 3.63) is 63.7 Å². The lowest BCUT2D eigenvalue weighted by Crippen LogP contribution is -2.35. The number of nitrogens with zero attached hydrogens (tertiary/aromatic N) is 2. The molecule has 1 aliphatic heterocycles. The molecule has 2 aromatic carbocycles. The second kappa shape index (κ2) is 6.55. The number of amides is 2. The Bertz CT molecular complexity index is 939. The average Bonchev–Trinajstić information content (AvgIpc) is 2.91. The topological polar surface area (TPSA) is 125 Å². The van der Waals surface area contributed by atoms with Crippen molar-refractivity contribution in [3.63, 3.8) is 0 Å². The molecule has 1 heterocycles. The molecule has 0 aromatic heterocycles. The maximum atomic E-state index is 12.5. The van der Waals surface area contributed by atoms with E-state index in [1.807, 2.05) is 0 Å². The molecule has 0 radical (unpaired) electrons. The minimum atomic E-state index is -0.882. The lowest BCUT2D eigenvalue weighted by Gasteiger charge is -2.14. The number of anilines is 1. The third-order valence-electron chi connectivity index (χ3n) is 3.69. The highest BCUT2D eigenvalue weighted by Crippen LogP contribution is 2.35. The summed E-state index contributed by atoms with van der Waals surface area (Å²) in [6, 6.07) is 10.7. The maximum absolute atomic E-state index is 12.5. The van der Waals surface area contributed by atoms with Crippen molar-refractivity contribution in [2.24, 2.45) is 0 Å². The van der Waals surface area contributed by atoms with Crippen LogP contribution >= 0.6 is 0 Å². The average molecular weight is 354 g/mol. The number of nitro groups is 1. The third kappa shape index (κ3) is 2.93. The summed E-state index contributed by atoms with van der Waals surface area (Å²) in [5.74, 6) is -2.41. The van der Waals surface area contributed by atoms with Gasteiger partial charge in [-0.1, -0.05) is 18.2 Å². The molecule has 0 atom stereocenters. The highest BCUT2D eigenvalue weighted by molar-refractivity contribution is 6.31. The van der Waals surface area contributed by atoms with E-state index < -0.39 is 28.2 Å². The van der Waals surface area contributed by atoms with Crippen molar-refractivity contribution in [2.75, 3.05) is 12.1 Å². The molecule has 9 nitrogen and oxygen atoms in total. The van der Waals surface area contributed by atoms with Crippen molar-refractivity contribution in [1.29, 1.82) is 0 Å². The first-order chi connectivity index (χ1) is 12.4. The van der Waals surface area contributed by atoms with E-state index in [0.29, 0.717) is 5.69 Å². The third-order valence-corrected chi connectivity index (χ3v) is 3.69. The number of benzene rings is 2. The van der Waals surface area contributed by atoms with E-state index >= 15 is 0 Å². The zero-order valence-corrected chi connectivity index (χ0v) is 13.5. The summed E-state index contributed by atoms with van der Waals surface area (Å²) < 4.78 is 4.84. The van der Waals surface area contributed by atoms with Crippen LogP contribution in [-0.2, 0) is 9.59 Å². The standard InChI is InChI=1S/C17H13N3O6/c1-26-14-9-10(8-13(15(14)21)20(24)25)7-12-16(22)18-19(17(12)23)11-5-3-2-4-6-11/h2-9,21H,1H3,(H,18,22)/p-1/b12-7-. The molecule has 1 saturated heterocycles. The first-order valence-electron chi connectivity index (χ1n) is 7.38. The molecule has 1 N–H and O–H groups in total. The zero-order chi connectivity index (χ0) is 18.8. The van der Waals surface area contributed by atoms with Crippen LogP contribution in [0.25, 0.3) is 6.08 Å². The maximum Gasteiger partial charge on any atom is 0.282 e. The van der Waals surface area contributed by atoms with Gasteiger partial charge in [0.25, 0.3) is 17.5 Å². The van der Waals surface area contributed by atoms with Gasteiger partial charge in [-0.05, 0) is 29.8 Å². The number of ether oxygens (including phenoxy) is 1. The van der Waals surface area contributed by atoms with Gasteiger partial charge in [0.15, 0.2) is 0 Å². The molecular formula is C17H12N3O6-. The molecule has 9 heteroatoms. The van der Waals surface area contributed by atoms with Gasteiger partial charge in [0.1, 0.15) is 11.3 Å². The van der Waals surface area contributed by atoms with Gasteiger partial charge < -0.3 is 9.84 Å². The summed E-state index contributed by atoms with van der Waals surface area (Å²) in [5.41, 5.74) is 2.08. The highest BCUT2D eigenvalue weighted by atomic mass is 16.6.